The van der Waals surface area contributed by atoms with Gasteiger partial charge in [0.1, 0.15) is 11.6 Å². The molecule has 0 bridgehead atoms. The number of nitrogen functional groups attached to an aromatic ring is 1. The van der Waals surface area contributed by atoms with Crippen LogP contribution in [0.3, 0.4) is 0 Å². The third-order valence-electron chi connectivity index (χ3n) is 5.73. The quantitative estimate of drug-likeness (QED) is 0.469. The van der Waals surface area contributed by atoms with Crippen LogP contribution in [0.4, 0.5) is 16.2 Å². The molecular formula is C24H26FN7O. The van der Waals surface area contributed by atoms with E-state index in [4.69, 9.17) is 15.5 Å². The Labute approximate surface area is 191 Å². The van der Waals surface area contributed by atoms with Gasteiger partial charge in [0.25, 0.3) is 0 Å². The van der Waals surface area contributed by atoms with Gasteiger partial charge in [0.2, 0.25) is 5.95 Å². The molecule has 4 aromatic rings. The summed E-state index contributed by atoms with van der Waals surface area (Å²) >= 11 is 0. The highest BCUT2D eigenvalue weighted by Crippen LogP contribution is 2.33. The standard InChI is InChI=1S/C24H26FN7O/c1-16-4-2-5-17(14-16)21-20-22(26)32(19-7-3-6-18(25)15-19)30-23(20)29-24(28-21)27-8-9-31-10-12-33-13-11-31/h2-7,14-15H,8-13,26H2,1H3,(H,27,29,30). The number of nitrogens with one attached hydrogen (secondary N) is 1. The molecule has 0 atom stereocenters. The Morgan fingerprint density at radius 2 is 1.91 bits per heavy atom. The van der Waals surface area contributed by atoms with Gasteiger partial charge < -0.3 is 15.8 Å². The molecule has 1 aliphatic heterocycles. The molecule has 33 heavy (non-hydrogen) atoms. The van der Waals surface area contributed by atoms with Crippen molar-refractivity contribution in [2.24, 2.45) is 0 Å². The van der Waals surface area contributed by atoms with Crippen LogP contribution < -0.4 is 11.1 Å². The van der Waals surface area contributed by atoms with Gasteiger partial charge in [-0.15, -0.1) is 5.10 Å². The van der Waals surface area contributed by atoms with Crippen LogP contribution in [-0.2, 0) is 4.74 Å². The number of benzene rings is 2. The van der Waals surface area contributed by atoms with E-state index in [-0.39, 0.29) is 5.82 Å². The molecule has 5 rings (SSSR count). The van der Waals surface area contributed by atoms with E-state index in [0.717, 1.165) is 44.0 Å². The van der Waals surface area contributed by atoms with E-state index in [9.17, 15) is 4.39 Å². The zero-order chi connectivity index (χ0) is 22.8. The van der Waals surface area contributed by atoms with Gasteiger partial charge in [0, 0.05) is 31.7 Å². The molecule has 1 saturated heterocycles. The van der Waals surface area contributed by atoms with Gasteiger partial charge in [-0.3, -0.25) is 4.90 Å². The zero-order valence-corrected chi connectivity index (χ0v) is 18.5. The topological polar surface area (TPSA) is 94.1 Å². The average molecular weight is 448 g/mol. The second kappa shape index (κ2) is 9.13. The number of anilines is 2. The number of rotatable bonds is 6. The summed E-state index contributed by atoms with van der Waals surface area (Å²) in [5.74, 6) is 0.491. The maximum atomic E-state index is 13.9. The minimum absolute atomic E-state index is 0.359. The third kappa shape index (κ3) is 4.50. The fourth-order valence-electron chi connectivity index (χ4n) is 4.05. The predicted molar refractivity (Wildman–Crippen MR) is 127 cm³/mol. The van der Waals surface area contributed by atoms with Crippen LogP contribution in [0.15, 0.2) is 48.5 Å². The Morgan fingerprint density at radius 3 is 2.70 bits per heavy atom. The number of nitrogens with zero attached hydrogens (tertiary/aromatic N) is 5. The molecule has 3 N–H and O–H groups in total. The highest BCUT2D eigenvalue weighted by molar-refractivity contribution is 5.99. The highest BCUT2D eigenvalue weighted by Gasteiger charge is 2.20. The van der Waals surface area contributed by atoms with E-state index >= 15 is 0 Å². The average Bonchev–Trinajstić information content (AvgIpc) is 3.16. The minimum atomic E-state index is -0.359. The molecule has 8 nitrogen and oxygen atoms in total. The van der Waals surface area contributed by atoms with Crippen molar-refractivity contribution in [1.82, 2.24) is 24.6 Å². The van der Waals surface area contributed by atoms with Crippen LogP contribution in [-0.4, -0.2) is 64.0 Å². The molecule has 9 heteroatoms. The SMILES string of the molecule is Cc1cccc(-c2nc(NCCN3CCOCC3)nc3nn(-c4cccc(F)c4)c(N)c23)c1. The Kier molecular flexibility index (Phi) is 5.89. The number of hydrogen-bond donors (Lipinski definition) is 2. The lowest BCUT2D eigenvalue weighted by Crippen LogP contribution is -2.39. The number of fused-ring (bicyclic) bond motifs is 1. The zero-order valence-electron chi connectivity index (χ0n) is 18.5. The molecule has 1 aliphatic rings. The molecule has 0 aliphatic carbocycles. The van der Waals surface area contributed by atoms with E-state index in [2.05, 4.69) is 26.4 Å². The lowest BCUT2D eigenvalue weighted by atomic mass is 10.1. The van der Waals surface area contributed by atoms with Crippen molar-refractivity contribution in [3.8, 4) is 16.9 Å². The Bertz CT molecular complexity index is 1280. The van der Waals surface area contributed by atoms with E-state index in [1.54, 1.807) is 12.1 Å². The number of ether oxygens (including phenoxy) is 1. The molecule has 170 valence electrons. The molecule has 0 radical (unpaired) electrons. The maximum absolute atomic E-state index is 13.9. The normalized spacial score (nSPS) is 14.6. The molecule has 0 saturated carbocycles. The summed E-state index contributed by atoms with van der Waals surface area (Å²) in [6, 6.07) is 14.2. The summed E-state index contributed by atoms with van der Waals surface area (Å²) in [5.41, 5.74) is 10.2. The number of nitrogens with two attached hydrogens (primary N) is 1. The number of aromatic nitrogens is 4. The van der Waals surface area contributed by atoms with Crippen LogP contribution >= 0.6 is 0 Å². The highest BCUT2D eigenvalue weighted by atomic mass is 19.1. The van der Waals surface area contributed by atoms with E-state index < -0.39 is 0 Å². The number of aryl methyl sites for hydroxylation is 1. The predicted octanol–water partition coefficient (Wildman–Crippen LogP) is 3.26. The van der Waals surface area contributed by atoms with Crippen molar-refractivity contribution in [3.05, 3.63) is 59.9 Å². The smallest absolute Gasteiger partial charge is 0.225 e. The van der Waals surface area contributed by atoms with E-state index in [1.165, 1.54) is 16.8 Å². The van der Waals surface area contributed by atoms with Crippen molar-refractivity contribution in [1.29, 1.82) is 0 Å². The Balaban J connectivity index is 1.55. The van der Waals surface area contributed by atoms with Gasteiger partial charge in [-0.2, -0.15) is 4.98 Å². The Morgan fingerprint density at radius 1 is 1.09 bits per heavy atom. The molecule has 0 spiro atoms. The van der Waals surface area contributed by atoms with Gasteiger partial charge >= 0.3 is 0 Å². The monoisotopic (exact) mass is 447 g/mol. The fourth-order valence-corrected chi connectivity index (χ4v) is 4.05. The maximum Gasteiger partial charge on any atom is 0.225 e. The summed E-state index contributed by atoms with van der Waals surface area (Å²) in [7, 11) is 0. The minimum Gasteiger partial charge on any atom is -0.383 e. The molecule has 0 amide bonds. The van der Waals surface area contributed by atoms with Crippen molar-refractivity contribution in [2.45, 2.75) is 6.92 Å². The first kappa shape index (κ1) is 21.3. The summed E-state index contributed by atoms with van der Waals surface area (Å²) < 4.78 is 20.8. The second-order valence-corrected chi connectivity index (χ2v) is 8.12. The third-order valence-corrected chi connectivity index (χ3v) is 5.73. The number of halogens is 1. The lowest BCUT2D eigenvalue weighted by molar-refractivity contribution is 0.0398. The lowest BCUT2D eigenvalue weighted by Gasteiger charge is -2.26. The van der Waals surface area contributed by atoms with Crippen LogP contribution in [0, 0.1) is 12.7 Å². The number of morpholine rings is 1. The summed E-state index contributed by atoms with van der Waals surface area (Å²) in [4.78, 5) is 11.8. The van der Waals surface area contributed by atoms with Crippen LogP contribution in [0.1, 0.15) is 5.56 Å². The van der Waals surface area contributed by atoms with Gasteiger partial charge in [-0.1, -0.05) is 29.8 Å². The first-order chi connectivity index (χ1) is 16.1. The first-order valence-corrected chi connectivity index (χ1v) is 11.0. The van der Waals surface area contributed by atoms with Gasteiger partial charge in [-0.05, 0) is 31.2 Å². The van der Waals surface area contributed by atoms with Crippen LogP contribution in [0.5, 0.6) is 0 Å². The van der Waals surface area contributed by atoms with Crippen molar-refractivity contribution in [3.63, 3.8) is 0 Å². The molecule has 0 unspecified atom stereocenters. The van der Waals surface area contributed by atoms with Gasteiger partial charge in [0.05, 0.1) is 30.0 Å². The molecule has 2 aromatic heterocycles. The second-order valence-electron chi connectivity index (χ2n) is 8.12. The van der Waals surface area contributed by atoms with Crippen molar-refractivity contribution < 1.29 is 9.13 Å². The fraction of sp³-hybridized carbons (Fsp3) is 0.292. The van der Waals surface area contributed by atoms with Crippen molar-refractivity contribution >= 4 is 22.8 Å². The summed E-state index contributed by atoms with van der Waals surface area (Å²) in [6.07, 6.45) is 0. The van der Waals surface area contributed by atoms with E-state index in [1.807, 2.05) is 25.1 Å². The number of hydrogen-bond acceptors (Lipinski definition) is 7. The molecule has 2 aromatic carbocycles. The van der Waals surface area contributed by atoms with E-state index in [0.29, 0.717) is 40.7 Å². The van der Waals surface area contributed by atoms with Gasteiger partial charge in [-0.25, -0.2) is 14.1 Å². The summed E-state index contributed by atoms with van der Waals surface area (Å²) in [6.45, 7) is 6.95. The summed E-state index contributed by atoms with van der Waals surface area (Å²) in [5, 5.41) is 8.57. The van der Waals surface area contributed by atoms with Crippen LogP contribution in [0.2, 0.25) is 0 Å². The molecule has 3 heterocycles. The first-order valence-electron chi connectivity index (χ1n) is 11.0. The van der Waals surface area contributed by atoms with Gasteiger partial charge in [0.15, 0.2) is 5.65 Å². The molecule has 1 fully saturated rings. The molecular weight excluding hydrogens is 421 g/mol. The Hall–Kier alpha value is -3.56. The van der Waals surface area contributed by atoms with Crippen LogP contribution in [0.25, 0.3) is 28.0 Å². The largest absolute Gasteiger partial charge is 0.383 e. The van der Waals surface area contributed by atoms with Crippen molar-refractivity contribution in [2.75, 3.05) is 50.4 Å².